The van der Waals surface area contributed by atoms with Gasteiger partial charge in [0, 0.05) is 5.38 Å². The molecule has 100 valence electrons. The molecule has 4 nitrogen and oxygen atoms in total. The van der Waals surface area contributed by atoms with Crippen LogP contribution in [-0.2, 0) is 4.79 Å². The Labute approximate surface area is 117 Å². The van der Waals surface area contributed by atoms with E-state index in [1.807, 2.05) is 12.3 Å². The molecule has 1 rings (SSSR count). The van der Waals surface area contributed by atoms with Crippen LogP contribution in [0, 0.1) is 5.41 Å². The molecule has 6 heteroatoms. The van der Waals surface area contributed by atoms with Crippen LogP contribution in [0.25, 0.3) is 0 Å². The van der Waals surface area contributed by atoms with Crippen LogP contribution < -0.4 is 11.1 Å². The summed E-state index contributed by atoms with van der Waals surface area (Å²) in [7, 11) is 0. The highest BCUT2D eigenvalue weighted by molar-refractivity contribution is 7.80. The Morgan fingerprint density at radius 2 is 2.28 bits per heavy atom. The van der Waals surface area contributed by atoms with Gasteiger partial charge in [0.25, 0.3) is 0 Å². The number of hydrogen-bond donors (Lipinski definition) is 2. The number of nitrogens with one attached hydrogen (secondary N) is 1. The second-order valence-corrected chi connectivity index (χ2v) is 6.03. The molecule has 0 aliphatic carbocycles. The second kappa shape index (κ2) is 5.75. The molecule has 1 aromatic heterocycles. The van der Waals surface area contributed by atoms with Gasteiger partial charge < -0.3 is 11.1 Å². The molecule has 0 spiro atoms. The van der Waals surface area contributed by atoms with Crippen molar-refractivity contribution >= 4 is 39.6 Å². The number of nitrogens with zero attached hydrogens (tertiary/aromatic N) is 1. The van der Waals surface area contributed by atoms with Crippen molar-refractivity contribution in [2.24, 2.45) is 11.1 Å². The number of anilines is 1. The lowest BCUT2D eigenvalue weighted by Crippen LogP contribution is -2.43. The molecule has 1 unspecified atom stereocenters. The van der Waals surface area contributed by atoms with Gasteiger partial charge in [-0.2, -0.15) is 0 Å². The van der Waals surface area contributed by atoms with E-state index in [0.717, 1.165) is 5.69 Å². The monoisotopic (exact) mass is 285 g/mol. The lowest BCUT2D eigenvalue weighted by molar-refractivity contribution is -0.121. The first kappa shape index (κ1) is 15.0. The smallest absolute Gasteiger partial charge is 0.238 e. The van der Waals surface area contributed by atoms with E-state index in [4.69, 9.17) is 18.0 Å². The van der Waals surface area contributed by atoms with Gasteiger partial charge >= 0.3 is 0 Å². The molecule has 1 atom stereocenters. The number of thiocarbonyl (C=S) groups is 1. The summed E-state index contributed by atoms with van der Waals surface area (Å²) in [5, 5.41) is 5.34. The van der Waals surface area contributed by atoms with Gasteiger partial charge in [0.1, 0.15) is 0 Å². The maximum absolute atomic E-state index is 12.2. The summed E-state index contributed by atoms with van der Waals surface area (Å²) in [6.45, 7) is 7.76. The van der Waals surface area contributed by atoms with Crippen molar-refractivity contribution < 1.29 is 4.79 Å². The summed E-state index contributed by atoms with van der Waals surface area (Å²) in [5.41, 5.74) is 5.80. The lowest BCUT2D eigenvalue weighted by Gasteiger charge is -2.24. The van der Waals surface area contributed by atoms with Gasteiger partial charge in [-0.05, 0) is 19.3 Å². The average Bonchev–Trinajstić information content (AvgIpc) is 2.76. The van der Waals surface area contributed by atoms with Crippen LogP contribution in [0.3, 0.4) is 0 Å². The Morgan fingerprint density at radius 3 is 2.67 bits per heavy atom. The van der Waals surface area contributed by atoms with E-state index in [-0.39, 0.29) is 10.9 Å². The van der Waals surface area contributed by atoms with Crippen LogP contribution in [0.15, 0.2) is 5.38 Å². The SMILES string of the molecule is CCC(C)(C(=O)Nc1nc(C(C)C)cs1)C(N)=S. The zero-order valence-corrected chi connectivity index (χ0v) is 12.7. The molecular weight excluding hydrogens is 266 g/mol. The van der Waals surface area contributed by atoms with Crippen molar-refractivity contribution in [3.8, 4) is 0 Å². The molecule has 1 heterocycles. The Kier molecular flexibility index (Phi) is 4.81. The van der Waals surface area contributed by atoms with E-state index in [1.54, 1.807) is 6.92 Å². The fraction of sp³-hybridized carbons (Fsp3) is 0.583. The Bertz CT molecular complexity index is 456. The topological polar surface area (TPSA) is 68.0 Å². The fourth-order valence-corrected chi connectivity index (χ4v) is 2.39. The molecule has 0 bridgehead atoms. The van der Waals surface area contributed by atoms with Gasteiger partial charge in [0.05, 0.1) is 16.1 Å². The largest absolute Gasteiger partial charge is 0.392 e. The zero-order valence-electron chi connectivity index (χ0n) is 11.1. The minimum atomic E-state index is -0.820. The number of hydrogen-bond acceptors (Lipinski definition) is 4. The van der Waals surface area contributed by atoms with Crippen LogP contribution in [0.1, 0.15) is 45.7 Å². The molecule has 1 amide bonds. The van der Waals surface area contributed by atoms with E-state index >= 15 is 0 Å². The Morgan fingerprint density at radius 1 is 1.67 bits per heavy atom. The van der Waals surface area contributed by atoms with Crippen molar-refractivity contribution in [2.75, 3.05) is 5.32 Å². The van der Waals surface area contributed by atoms with Gasteiger partial charge in [-0.25, -0.2) is 4.98 Å². The summed E-state index contributed by atoms with van der Waals surface area (Å²) in [5.74, 6) is 0.155. The van der Waals surface area contributed by atoms with E-state index < -0.39 is 5.41 Å². The molecule has 0 aliphatic rings. The van der Waals surface area contributed by atoms with Gasteiger partial charge in [-0.15, -0.1) is 11.3 Å². The van der Waals surface area contributed by atoms with Crippen molar-refractivity contribution in [2.45, 2.75) is 40.0 Å². The van der Waals surface area contributed by atoms with E-state index in [1.165, 1.54) is 11.3 Å². The number of amides is 1. The third-order valence-electron chi connectivity index (χ3n) is 3.09. The number of thiazole rings is 1. The highest BCUT2D eigenvalue weighted by atomic mass is 32.1. The summed E-state index contributed by atoms with van der Waals surface area (Å²) >= 11 is 6.39. The number of rotatable bonds is 5. The highest BCUT2D eigenvalue weighted by Crippen LogP contribution is 2.26. The normalized spacial score (nSPS) is 14.3. The molecule has 0 aliphatic heterocycles. The molecule has 0 fully saturated rings. The van der Waals surface area contributed by atoms with Crippen LogP contribution in [-0.4, -0.2) is 15.9 Å². The van der Waals surface area contributed by atoms with Gasteiger partial charge in [-0.1, -0.05) is 33.0 Å². The maximum Gasteiger partial charge on any atom is 0.238 e. The standard InChI is InChI=1S/C12H19N3OS2/c1-5-12(4,9(13)17)10(16)15-11-14-8(6-18-11)7(2)3/h6-7H,5H2,1-4H3,(H2,13,17)(H,14,15,16). The third-order valence-corrected chi connectivity index (χ3v) is 4.31. The van der Waals surface area contributed by atoms with E-state index in [2.05, 4.69) is 24.1 Å². The predicted octanol–water partition coefficient (Wildman–Crippen LogP) is 2.91. The number of carbonyl (C=O) groups is 1. The minimum Gasteiger partial charge on any atom is -0.392 e. The van der Waals surface area contributed by atoms with Crippen LogP contribution in [0.5, 0.6) is 0 Å². The Hall–Kier alpha value is -1.01. The lowest BCUT2D eigenvalue weighted by atomic mass is 9.86. The summed E-state index contributed by atoms with van der Waals surface area (Å²) in [4.78, 5) is 16.7. The van der Waals surface area contributed by atoms with Gasteiger partial charge in [0.15, 0.2) is 5.13 Å². The van der Waals surface area contributed by atoms with Crippen LogP contribution in [0.2, 0.25) is 0 Å². The molecule has 18 heavy (non-hydrogen) atoms. The van der Waals surface area contributed by atoms with Crippen molar-refractivity contribution in [3.05, 3.63) is 11.1 Å². The summed E-state index contributed by atoms with van der Waals surface area (Å²) < 4.78 is 0. The van der Waals surface area contributed by atoms with Gasteiger partial charge in [-0.3, -0.25) is 4.79 Å². The number of aromatic nitrogens is 1. The molecule has 0 radical (unpaired) electrons. The molecule has 0 aromatic carbocycles. The molecule has 3 N–H and O–H groups in total. The summed E-state index contributed by atoms with van der Waals surface area (Å²) in [6, 6.07) is 0. The molecule has 1 aromatic rings. The van der Waals surface area contributed by atoms with E-state index in [9.17, 15) is 4.79 Å². The average molecular weight is 285 g/mol. The van der Waals surface area contributed by atoms with Crippen molar-refractivity contribution in [1.29, 1.82) is 0 Å². The number of nitrogens with two attached hydrogens (primary N) is 1. The highest BCUT2D eigenvalue weighted by Gasteiger charge is 2.35. The summed E-state index contributed by atoms with van der Waals surface area (Å²) in [6.07, 6.45) is 0.566. The number of carbonyl (C=O) groups excluding carboxylic acids is 1. The van der Waals surface area contributed by atoms with Crippen molar-refractivity contribution in [3.63, 3.8) is 0 Å². The zero-order chi connectivity index (χ0) is 13.9. The first-order valence-corrected chi connectivity index (χ1v) is 7.16. The Balaban J connectivity index is 2.83. The molecule has 0 saturated carbocycles. The minimum absolute atomic E-state index is 0.192. The van der Waals surface area contributed by atoms with E-state index in [0.29, 0.717) is 17.5 Å². The fourth-order valence-electron chi connectivity index (χ4n) is 1.29. The first-order chi connectivity index (χ1) is 8.31. The molecule has 0 saturated heterocycles. The van der Waals surface area contributed by atoms with Gasteiger partial charge in [0.2, 0.25) is 5.91 Å². The van der Waals surface area contributed by atoms with Crippen LogP contribution >= 0.6 is 23.6 Å². The maximum atomic E-state index is 12.2. The van der Waals surface area contributed by atoms with Crippen LogP contribution in [0.4, 0.5) is 5.13 Å². The first-order valence-electron chi connectivity index (χ1n) is 5.88. The molecular formula is C12H19N3OS2. The predicted molar refractivity (Wildman–Crippen MR) is 80.0 cm³/mol. The quantitative estimate of drug-likeness (QED) is 0.816. The van der Waals surface area contributed by atoms with Crippen molar-refractivity contribution in [1.82, 2.24) is 4.98 Å². The third kappa shape index (κ3) is 3.05. The second-order valence-electron chi connectivity index (χ2n) is 4.74.